The summed E-state index contributed by atoms with van der Waals surface area (Å²) in [6.45, 7) is -0.00874. The average molecular weight is 316 g/mol. The molecule has 0 unspecified atom stereocenters. The molecule has 0 fully saturated rings. The van der Waals surface area contributed by atoms with Crippen molar-refractivity contribution in [1.29, 1.82) is 0 Å². The second-order valence-electron chi connectivity index (χ2n) is 4.63. The highest BCUT2D eigenvalue weighted by molar-refractivity contribution is 6.34. The standard InChI is InChI=1S/C14H15Cl2NO3/c15-10-4-11(16)6-13(5-10)20-8-14(19)17-12-2-1-9(3-12)7-18/h1-2,4-6,9,12,18H,3,7-8H2,(H,17,19)/t9-,12+/m0/s1. The van der Waals surface area contributed by atoms with Crippen LogP contribution in [0.5, 0.6) is 5.75 Å². The molecule has 0 radical (unpaired) electrons. The molecule has 0 aliphatic heterocycles. The van der Waals surface area contributed by atoms with Crippen LogP contribution in [0.3, 0.4) is 0 Å². The molecule has 1 aromatic rings. The monoisotopic (exact) mass is 315 g/mol. The Balaban J connectivity index is 1.79. The molecule has 0 bridgehead atoms. The minimum absolute atomic E-state index is 0.0498. The summed E-state index contributed by atoms with van der Waals surface area (Å²) in [6, 6.07) is 4.73. The molecule has 0 spiro atoms. The highest BCUT2D eigenvalue weighted by Gasteiger charge is 2.19. The number of aliphatic hydroxyl groups excluding tert-OH is 1. The Labute approximate surface area is 127 Å². The zero-order chi connectivity index (χ0) is 14.5. The van der Waals surface area contributed by atoms with Gasteiger partial charge in [0.05, 0.1) is 0 Å². The van der Waals surface area contributed by atoms with Crippen LogP contribution >= 0.6 is 23.2 Å². The Morgan fingerprint density at radius 3 is 2.60 bits per heavy atom. The van der Waals surface area contributed by atoms with E-state index in [4.69, 9.17) is 33.0 Å². The van der Waals surface area contributed by atoms with Crippen molar-refractivity contribution in [3.63, 3.8) is 0 Å². The molecule has 1 aromatic carbocycles. The maximum atomic E-state index is 11.7. The fraction of sp³-hybridized carbons (Fsp3) is 0.357. The van der Waals surface area contributed by atoms with Gasteiger partial charge in [0.1, 0.15) is 5.75 Å². The maximum absolute atomic E-state index is 11.7. The van der Waals surface area contributed by atoms with Gasteiger partial charge in [-0.05, 0) is 24.6 Å². The lowest BCUT2D eigenvalue weighted by molar-refractivity contribution is -0.123. The van der Waals surface area contributed by atoms with E-state index < -0.39 is 0 Å². The van der Waals surface area contributed by atoms with E-state index in [2.05, 4.69) is 5.32 Å². The van der Waals surface area contributed by atoms with E-state index in [-0.39, 0.29) is 31.1 Å². The van der Waals surface area contributed by atoms with Crippen LogP contribution in [0.15, 0.2) is 30.4 Å². The van der Waals surface area contributed by atoms with Gasteiger partial charge in [0, 0.05) is 28.6 Å². The molecule has 2 atom stereocenters. The molecule has 0 heterocycles. The first-order valence-corrected chi connectivity index (χ1v) is 7.00. The number of nitrogens with one attached hydrogen (secondary N) is 1. The zero-order valence-corrected chi connectivity index (χ0v) is 12.2. The van der Waals surface area contributed by atoms with Gasteiger partial charge in [0.25, 0.3) is 5.91 Å². The first kappa shape index (κ1) is 15.2. The van der Waals surface area contributed by atoms with Gasteiger partial charge in [0.15, 0.2) is 6.61 Å². The number of ether oxygens (including phenoxy) is 1. The van der Waals surface area contributed by atoms with E-state index in [1.54, 1.807) is 18.2 Å². The molecule has 0 saturated carbocycles. The van der Waals surface area contributed by atoms with Crippen molar-refractivity contribution in [2.45, 2.75) is 12.5 Å². The Morgan fingerprint density at radius 2 is 2.00 bits per heavy atom. The van der Waals surface area contributed by atoms with Gasteiger partial charge < -0.3 is 15.2 Å². The van der Waals surface area contributed by atoms with Gasteiger partial charge in [-0.1, -0.05) is 35.4 Å². The van der Waals surface area contributed by atoms with E-state index in [0.717, 1.165) is 0 Å². The normalized spacial score (nSPS) is 20.9. The summed E-state index contributed by atoms with van der Waals surface area (Å²) in [5.74, 6) is 0.343. The Hall–Kier alpha value is -1.23. The number of carbonyl (C=O) groups excluding carboxylic acids is 1. The highest BCUT2D eigenvalue weighted by Crippen LogP contribution is 2.24. The van der Waals surface area contributed by atoms with Crippen LogP contribution in [-0.4, -0.2) is 30.3 Å². The SMILES string of the molecule is O=C(COc1cc(Cl)cc(Cl)c1)N[C@@H]1C=C[C@H](CO)C1. The average Bonchev–Trinajstić information content (AvgIpc) is 2.83. The smallest absolute Gasteiger partial charge is 0.258 e. The predicted octanol–water partition coefficient (Wildman–Crippen LogP) is 2.43. The van der Waals surface area contributed by atoms with E-state index in [1.165, 1.54) is 0 Å². The van der Waals surface area contributed by atoms with Gasteiger partial charge >= 0.3 is 0 Å². The molecule has 0 aromatic heterocycles. The van der Waals surface area contributed by atoms with E-state index in [1.807, 2.05) is 12.2 Å². The van der Waals surface area contributed by atoms with Gasteiger partial charge in [-0.15, -0.1) is 0 Å². The number of hydrogen-bond acceptors (Lipinski definition) is 3. The molecule has 4 nitrogen and oxygen atoms in total. The molecule has 1 aliphatic rings. The van der Waals surface area contributed by atoms with Crippen molar-refractivity contribution in [2.75, 3.05) is 13.2 Å². The lowest BCUT2D eigenvalue weighted by Gasteiger charge is -2.13. The quantitative estimate of drug-likeness (QED) is 0.820. The van der Waals surface area contributed by atoms with Crippen molar-refractivity contribution >= 4 is 29.1 Å². The van der Waals surface area contributed by atoms with Crippen LogP contribution in [0.1, 0.15) is 6.42 Å². The van der Waals surface area contributed by atoms with Crippen molar-refractivity contribution in [3.8, 4) is 5.75 Å². The molecule has 1 aliphatic carbocycles. The maximum Gasteiger partial charge on any atom is 0.258 e. The molecule has 0 saturated heterocycles. The summed E-state index contributed by atoms with van der Waals surface area (Å²) < 4.78 is 5.34. The Kier molecular flexibility index (Phi) is 5.29. The lowest BCUT2D eigenvalue weighted by Crippen LogP contribution is -2.36. The van der Waals surface area contributed by atoms with Crippen LogP contribution < -0.4 is 10.1 Å². The third-order valence-electron chi connectivity index (χ3n) is 2.96. The van der Waals surface area contributed by atoms with E-state index in [9.17, 15) is 4.79 Å². The van der Waals surface area contributed by atoms with Crippen LogP contribution in [0.2, 0.25) is 10.0 Å². The number of halogens is 2. The zero-order valence-electron chi connectivity index (χ0n) is 10.7. The number of amides is 1. The molecular weight excluding hydrogens is 301 g/mol. The number of rotatable bonds is 5. The number of hydrogen-bond donors (Lipinski definition) is 2. The Bertz CT molecular complexity index is 499. The second kappa shape index (κ2) is 6.97. The Morgan fingerprint density at radius 1 is 1.30 bits per heavy atom. The van der Waals surface area contributed by atoms with Crippen molar-refractivity contribution in [2.24, 2.45) is 5.92 Å². The minimum Gasteiger partial charge on any atom is -0.484 e. The number of aliphatic hydroxyl groups is 1. The second-order valence-corrected chi connectivity index (χ2v) is 5.50. The fourth-order valence-electron chi connectivity index (χ4n) is 2.03. The van der Waals surface area contributed by atoms with E-state index in [0.29, 0.717) is 22.2 Å². The molecule has 2 N–H and O–H groups in total. The van der Waals surface area contributed by atoms with Crippen LogP contribution in [0.25, 0.3) is 0 Å². The third-order valence-corrected chi connectivity index (χ3v) is 3.40. The summed E-state index contributed by atoms with van der Waals surface area (Å²) in [5, 5.41) is 12.7. The van der Waals surface area contributed by atoms with Gasteiger partial charge in [-0.2, -0.15) is 0 Å². The first-order valence-electron chi connectivity index (χ1n) is 6.24. The van der Waals surface area contributed by atoms with Gasteiger partial charge in [-0.3, -0.25) is 4.79 Å². The lowest BCUT2D eigenvalue weighted by atomic mass is 10.1. The first-order chi connectivity index (χ1) is 9.56. The fourth-order valence-corrected chi connectivity index (χ4v) is 2.53. The van der Waals surface area contributed by atoms with Crippen molar-refractivity contribution < 1.29 is 14.6 Å². The molecule has 1 amide bonds. The summed E-state index contributed by atoms with van der Waals surface area (Å²) in [4.78, 5) is 11.7. The molecule has 6 heteroatoms. The third kappa shape index (κ3) is 4.40. The molecular formula is C14H15Cl2NO3. The molecule has 108 valence electrons. The van der Waals surface area contributed by atoms with Crippen molar-refractivity contribution in [3.05, 3.63) is 40.4 Å². The van der Waals surface area contributed by atoms with Gasteiger partial charge in [0.2, 0.25) is 0 Å². The summed E-state index contributed by atoms with van der Waals surface area (Å²) in [6.07, 6.45) is 4.50. The summed E-state index contributed by atoms with van der Waals surface area (Å²) in [7, 11) is 0. The summed E-state index contributed by atoms with van der Waals surface area (Å²) in [5.41, 5.74) is 0. The van der Waals surface area contributed by atoms with Gasteiger partial charge in [-0.25, -0.2) is 0 Å². The van der Waals surface area contributed by atoms with Crippen LogP contribution in [0, 0.1) is 5.92 Å². The number of benzene rings is 1. The van der Waals surface area contributed by atoms with Crippen LogP contribution in [0.4, 0.5) is 0 Å². The van der Waals surface area contributed by atoms with E-state index >= 15 is 0 Å². The molecule has 20 heavy (non-hydrogen) atoms. The van der Waals surface area contributed by atoms with Crippen LogP contribution in [-0.2, 0) is 4.79 Å². The largest absolute Gasteiger partial charge is 0.484 e. The minimum atomic E-state index is -0.227. The van der Waals surface area contributed by atoms with Crippen molar-refractivity contribution in [1.82, 2.24) is 5.32 Å². The number of carbonyl (C=O) groups is 1. The topological polar surface area (TPSA) is 58.6 Å². The molecule has 2 rings (SSSR count). The predicted molar refractivity (Wildman–Crippen MR) is 78.2 cm³/mol. The highest BCUT2D eigenvalue weighted by atomic mass is 35.5. The summed E-state index contributed by atoms with van der Waals surface area (Å²) >= 11 is 11.7.